The van der Waals surface area contributed by atoms with Crippen LogP contribution in [0.4, 0.5) is 5.69 Å². The molecule has 2 heterocycles. The van der Waals surface area contributed by atoms with E-state index in [1.807, 2.05) is 25.1 Å². The number of anilines is 1. The minimum Gasteiger partial charge on any atom is -0.377 e. The first-order valence-corrected chi connectivity index (χ1v) is 6.99. The first-order chi connectivity index (χ1) is 9.73. The molecule has 0 amide bonds. The molecule has 3 rings (SSSR count). The zero-order chi connectivity index (χ0) is 14.2. The molecule has 2 aliphatic rings. The molecule has 1 fully saturated rings. The van der Waals surface area contributed by atoms with Crippen LogP contribution >= 0.6 is 0 Å². The summed E-state index contributed by atoms with van der Waals surface area (Å²) in [6, 6.07) is 12.7. The SMILES string of the molecule is CC[C@]12COCCN1c1ccccc1CC2(C#N)C#N. The lowest BCUT2D eigenvalue weighted by molar-refractivity contribution is 0.00909. The lowest BCUT2D eigenvalue weighted by atomic mass is 9.62. The van der Waals surface area contributed by atoms with Gasteiger partial charge in [-0.2, -0.15) is 10.5 Å². The summed E-state index contributed by atoms with van der Waals surface area (Å²) in [6.45, 7) is 3.86. The van der Waals surface area contributed by atoms with Gasteiger partial charge in [-0.1, -0.05) is 25.1 Å². The second kappa shape index (κ2) is 4.51. The topological polar surface area (TPSA) is 60.0 Å². The summed E-state index contributed by atoms with van der Waals surface area (Å²) in [5.74, 6) is 0. The Morgan fingerprint density at radius 1 is 1.30 bits per heavy atom. The standard InChI is InChI=1S/C16H17N3O/c1-2-16-12-20-8-7-19(16)14-6-4-3-5-13(14)9-15(16,10-17)11-18/h3-6H,2,7-9,12H2,1H3/t16-/m1/s1. The van der Waals surface area contributed by atoms with Crippen molar-refractivity contribution in [2.75, 3.05) is 24.7 Å². The molecule has 102 valence electrons. The lowest BCUT2D eigenvalue weighted by Gasteiger charge is -2.56. The van der Waals surface area contributed by atoms with Gasteiger partial charge in [-0.05, 0) is 18.1 Å². The Morgan fingerprint density at radius 3 is 2.75 bits per heavy atom. The quantitative estimate of drug-likeness (QED) is 0.783. The van der Waals surface area contributed by atoms with Gasteiger partial charge in [0.2, 0.25) is 0 Å². The molecule has 0 radical (unpaired) electrons. The van der Waals surface area contributed by atoms with E-state index in [9.17, 15) is 10.5 Å². The Kier molecular flexibility index (Phi) is 2.92. The summed E-state index contributed by atoms with van der Waals surface area (Å²) in [6.07, 6.45) is 1.20. The van der Waals surface area contributed by atoms with Gasteiger partial charge in [0.05, 0.1) is 30.9 Å². The minimum atomic E-state index is -1.05. The molecule has 0 spiro atoms. The predicted molar refractivity (Wildman–Crippen MR) is 75.0 cm³/mol. The lowest BCUT2D eigenvalue weighted by Crippen LogP contribution is -2.68. The van der Waals surface area contributed by atoms with Crippen molar-refractivity contribution < 1.29 is 4.74 Å². The van der Waals surface area contributed by atoms with Crippen LogP contribution in [0, 0.1) is 28.1 Å². The first-order valence-electron chi connectivity index (χ1n) is 6.99. The Labute approximate surface area is 119 Å². The number of hydrogen-bond acceptors (Lipinski definition) is 4. The van der Waals surface area contributed by atoms with Crippen molar-refractivity contribution in [3.05, 3.63) is 29.8 Å². The summed E-state index contributed by atoms with van der Waals surface area (Å²) >= 11 is 0. The highest BCUT2D eigenvalue weighted by Crippen LogP contribution is 2.50. The number of hydrogen-bond donors (Lipinski definition) is 0. The second-order valence-corrected chi connectivity index (χ2v) is 5.52. The number of benzene rings is 1. The fourth-order valence-electron chi connectivity index (χ4n) is 3.67. The zero-order valence-corrected chi connectivity index (χ0v) is 11.6. The van der Waals surface area contributed by atoms with Crippen molar-refractivity contribution >= 4 is 5.69 Å². The highest BCUT2D eigenvalue weighted by atomic mass is 16.5. The summed E-state index contributed by atoms with van der Waals surface area (Å²) in [5, 5.41) is 19.5. The molecule has 1 saturated heterocycles. The van der Waals surface area contributed by atoms with Gasteiger partial charge >= 0.3 is 0 Å². The average Bonchev–Trinajstić information content (AvgIpc) is 2.53. The maximum Gasteiger partial charge on any atom is 0.172 e. The van der Waals surface area contributed by atoms with Crippen molar-refractivity contribution in [2.45, 2.75) is 25.3 Å². The van der Waals surface area contributed by atoms with E-state index in [0.29, 0.717) is 19.6 Å². The molecule has 0 N–H and O–H groups in total. The second-order valence-electron chi connectivity index (χ2n) is 5.52. The molecule has 1 aromatic carbocycles. The maximum absolute atomic E-state index is 9.75. The van der Waals surface area contributed by atoms with Crippen molar-refractivity contribution in [1.82, 2.24) is 0 Å². The van der Waals surface area contributed by atoms with E-state index < -0.39 is 11.0 Å². The molecule has 0 bridgehead atoms. The molecule has 1 aromatic rings. The molecule has 4 nitrogen and oxygen atoms in total. The van der Waals surface area contributed by atoms with Crippen LogP contribution in [-0.4, -0.2) is 25.3 Å². The molecule has 20 heavy (non-hydrogen) atoms. The minimum absolute atomic E-state index is 0.443. The van der Waals surface area contributed by atoms with Gasteiger partial charge in [-0.3, -0.25) is 0 Å². The molecule has 0 saturated carbocycles. The van der Waals surface area contributed by atoms with E-state index in [-0.39, 0.29) is 0 Å². The largest absolute Gasteiger partial charge is 0.377 e. The van der Waals surface area contributed by atoms with Crippen LogP contribution in [0.3, 0.4) is 0 Å². The average molecular weight is 267 g/mol. The summed E-state index contributed by atoms with van der Waals surface area (Å²) in [7, 11) is 0. The van der Waals surface area contributed by atoms with Crippen LogP contribution in [0.25, 0.3) is 0 Å². The number of morpholine rings is 1. The summed E-state index contributed by atoms with van der Waals surface area (Å²) in [4.78, 5) is 2.24. The zero-order valence-electron chi connectivity index (χ0n) is 11.6. The third-order valence-corrected chi connectivity index (χ3v) is 4.82. The van der Waals surface area contributed by atoms with Gasteiger partial charge in [0.15, 0.2) is 5.41 Å². The Balaban J connectivity index is 2.26. The summed E-state index contributed by atoms with van der Waals surface area (Å²) < 4.78 is 5.66. The van der Waals surface area contributed by atoms with E-state index in [0.717, 1.165) is 24.2 Å². The molecular formula is C16H17N3O. The normalized spacial score (nSPS) is 26.9. The van der Waals surface area contributed by atoms with Crippen molar-refractivity contribution in [1.29, 1.82) is 10.5 Å². The van der Waals surface area contributed by atoms with E-state index in [1.165, 1.54) is 0 Å². The van der Waals surface area contributed by atoms with Crippen molar-refractivity contribution in [3.8, 4) is 12.1 Å². The van der Waals surface area contributed by atoms with Crippen LogP contribution in [0.2, 0.25) is 0 Å². The predicted octanol–water partition coefficient (Wildman–Crippen LogP) is 2.26. The van der Waals surface area contributed by atoms with Crippen LogP contribution in [0.15, 0.2) is 24.3 Å². The van der Waals surface area contributed by atoms with Gasteiger partial charge in [0.1, 0.15) is 0 Å². The highest BCUT2D eigenvalue weighted by Gasteiger charge is 2.59. The van der Waals surface area contributed by atoms with Crippen LogP contribution in [-0.2, 0) is 11.2 Å². The van der Waals surface area contributed by atoms with Crippen LogP contribution in [0.5, 0.6) is 0 Å². The Morgan fingerprint density at radius 2 is 2.05 bits per heavy atom. The number of fused-ring (bicyclic) bond motifs is 3. The van der Waals surface area contributed by atoms with E-state index in [1.54, 1.807) is 0 Å². The maximum atomic E-state index is 9.75. The van der Waals surface area contributed by atoms with Crippen LogP contribution < -0.4 is 4.90 Å². The van der Waals surface area contributed by atoms with Gasteiger partial charge in [-0.25, -0.2) is 0 Å². The number of rotatable bonds is 1. The van der Waals surface area contributed by atoms with E-state index >= 15 is 0 Å². The van der Waals surface area contributed by atoms with Crippen LogP contribution in [0.1, 0.15) is 18.9 Å². The number of nitrogens with zero attached hydrogens (tertiary/aromatic N) is 3. The third kappa shape index (κ3) is 1.43. The molecule has 1 atom stereocenters. The van der Waals surface area contributed by atoms with E-state index in [2.05, 4.69) is 23.1 Å². The highest BCUT2D eigenvalue weighted by molar-refractivity contribution is 5.62. The first kappa shape index (κ1) is 13.0. The molecular weight excluding hydrogens is 250 g/mol. The molecule has 2 aliphatic heterocycles. The van der Waals surface area contributed by atoms with Gasteiger partial charge in [0, 0.05) is 18.7 Å². The number of para-hydroxylation sites is 1. The fraction of sp³-hybridized carbons (Fsp3) is 0.500. The van der Waals surface area contributed by atoms with E-state index in [4.69, 9.17) is 4.74 Å². The van der Waals surface area contributed by atoms with Crippen molar-refractivity contribution in [3.63, 3.8) is 0 Å². The Bertz CT molecular complexity index is 599. The monoisotopic (exact) mass is 267 g/mol. The number of ether oxygens (including phenoxy) is 1. The number of nitriles is 2. The molecule has 0 unspecified atom stereocenters. The fourth-order valence-corrected chi connectivity index (χ4v) is 3.67. The van der Waals surface area contributed by atoms with Gasteiger partial charge in [-0.15, -0.1) is 0 Å². The van der Waals surface area contributed by atoms with Crippen molar-refractivity contribution in [2.24, 2.45) is 5.41 Å². The smallest absolute Gasteiger partial charge is 0.172 e. The molecule has 0 aromatic heterocycles. The molecule has 0 aliphatic carbocycles. The van der Waals surface area contributed by atoms with Gasteiger partial charge < -0.3 is 9.64 Å². The third-order valence-electron chi connectivity index (χ3n) is 4.82. The Hall–Kier alpha value is -2.04. The van der Waals surface area contributed by atoms with Gasteiger partial charge in [0.25, 0.3) is 0 Å². The molecule has 4 heteroatoms. The summed E-state index contributed by atoms with van der Waals surface area (Å²) in [5.41, 5.74) is 0.653.